The van der Waals surface area contributed by atoms with E-state index in [2.05, 4.69) is 0 Å². The van der Waals surface area contributed by atoms with Gasteiger partial charge in [-0.2, -0.15) is 0 Å². The van der Waals surface area contributed by atoms with Gasteiger partial charge in [0.05, 0.1) is 11.6 Å². The van der Waals surface area contributed by atoms with E-state index in [0.717, 1.165) is 11.7 Å². The third-order valence-electron chi connectivity index (χ3n) is 1.30. The van der Waals surface area contributed by atoms with E-state index in [4.69, 9.17) is 16.0 Å². The zero-order valence-corrected chi connectivity index (χ0v) is 6.85. The van der Waals surface area contributed by atoms with Crippen molar-refractivity contribution in [2.45, 2.75) is 19.2 Å². The zero-order chi connectivity index (χ0) is 7.56. The Morgan fingerprint density at radius 2 is 2.30 bits per heavy atom. The summed E-state index contributed by atoms with van der Waals surface area (Å²) in [5.74, 6) is 1.97. The minimum Gasteiger partial charge on any atom is -0.468 e. The van der Waals surface area contributed by atoms with Gasteiger partial charge in [-0.25, -0.2) is 0 Å². The Morgan fingerprint density at radius 1 is 1.60 bits per heavy atom. The Balaban J connectivity index is 2.68. The van der Waals surface area contributed by atoms with Crippen molar-refractivity contribution in [3.05, 3.63) is 30.1 Å². The van der Waals surface area contributed by atoms with Gasteiger partial charge < -0.3 is 4.42 Å². The maximum atomic E-state index is 5.95. The van der Waals surface area contributed by atoms with Crippen LogP contribution in [0.4, 0.5) is 0 Å². The molecule has 0 bridgehead atoms. The van der Waals surface area contributed by atoms with Gasteiger partial charge in [-0.15, -0.1) is 11.6 Å². The first kappa shape index (κ1) is 7.67. The summed E-state index contributed by atoms with van der Waals surface area (Å²) < 4.78 is 5.10. The minimum absolute atomic E-state index is 0.0741. The zero-order valence-electron chi connectivity index (χ0n) is 6.10. The van der Waals surface area contributed by atoms with Crippen LogP contribution in [0.1, 0.15) is 25.0 Å². The molecule has 55 valence electrons. The van der Waals surface area contributed by atoms with E-state index < -0.39 is 0 Å². The summed E-state index contributed by atoms with van der Waals surface area (Å²) in [6, 6.07) is 3.72. The second-order valence-electron chi connectivity index (χ2n) is 2.46. The predicted octanol–water partition coefficient (Wildman–Crippen LogP) is 3.17. The largest absolute Gasteiger partial charge is 0.468 e. The molecular weight excluding hydrogens is 148 g/mol. The van der Waals surface area contributed by atoms with Crippen LogP contribution in [-0.4, -0.2) is 0 Å². The highest BCUT2D eigenvalue weighted by molar-refractivity contribution is 6.21. The highest BCUT2D eigenvalue weighted by Crippen LogP contribution is 2.29. The number of rotatable bonds is 2. The Kier molecular flexibility index (Phi) is 2.39. The van der Waals surface area contributed by atoms with Crippen molar-refractivity contribution in [3.63, 3.8) is 0 Å². The summed E-state index contributed by atoms with van der Waals surface area (Å²) in [4.78, 5) is 0. The highest BCUT2D eigenvalue weighted by atomic mass is 35.5. The van der Waals surface area contributed by atoms with Crippen molar-refractivity contribution in [1.82, 2.24) is 0 Å². The molecule has 0 amide bonds. The molecule has 0 fully saturated rings. The quantitative estimate of drug-likeness (QED) is 0.601. The molecule has 1 radical (unpaired) electrons. The Hall–Kier alpha value is -0.430. The summed E-state index contributed by atoms with van der Waals surface area (Å²) in [6.07, 6.45) is 1.63. The van der Waals surface area contributed by atoms with Crippen LogP contribution in [0.25, 0.3) is 0 Å². The second kappa shape index (κ2) is 3.11. The standard InChI is InChI=1S/C8H10ClO/c1-6(2)8(9)7-4-3-5-10-7/h3-5,8H,1-2H3. The Labute approximate surface area is 66.0 Å². The average Bonchev–Trinajstić information content (AvgIpc) is 2.36. The molecule has 0 N–H and O–H groups in total. The van der Waals surface area contributed by atoms with Crippen molar-refractivity contribution in [2.24, 2.45) is 0 Å². The number of alkyl halides is 1. The smallest absolute Gasteiger partial charge is 0.122 e. The fraction of sp³-hybridized carbons (Fsp3) is 0.375. The van der Waals surface area contributed by atoms with Gasteiger partial charge in [0.15, 0.2) is 0 Å². The third-order valence-corrected chi connectivity index (χ3v) is 1.95. The molecule has 1 unspecified atom stereocenters. The van der Waals surface area contributed by atoms with E-state index in [0.29, 0.717) is 0 Å². The van der Waals surface area contributed by atoms with Crippen LogP contribution < -0.4 is 0 Å². The van der Waals surface area contributed by atoms with E-state index >= 15 is 0 Å². The molecule has 0 aliphatic heterocycles. The topological polar surface area (TPSA) is 13.1 Å². The first-order valence-corrected chi connectivity index (χ1v) is 3.63. The van der Waals surface area contributed by atoms with Crippen molar-refractivity contribution in [3.8, 4) is 0 Å². The molecule has 0 aliphatic rings. The molecule has 0 aromatic carbocycles. The SMILES string of the molecule is C[C](C)C(Cl)c1ccco1. The first-order valence-electron chi connectivity index (χ1n) is 3.19. The van der Waals surface area contributed by atoms with Gasteiger partial charge in [0.1, 0.15) is 5.76 Å². The second-order valence-corrected chi connectivity index (χ2v) is 2.89. The van der Waals surface area contributed by atoms with Crippen LogP contribution in [0.5, 0.6) is 0 Å². The molecule has 10 heavy (non-hydrogen) atoms. The van der Waals surface area contributed by atoms with Crippen molar-refractivity contribution in [1.29, 1.82) is 0 Å². The number of hydrogen-bond acceptors (Lipinski definition) is 1. The lowest BCUT2D eigenvalue weighted by atomic mass is 10.1. The third kappa shape index (κ3) is 1.54. The van der Waals surface area contributed by atoms with Crippen molar-refractivity contribution in [2.75, 3.05) is 0 Å². The summed E-state index contributed by atoms with van der Waals surface area (Å²) in [5, 5.41) is -0.0741. The van der Waals surface area contributed by atoms with Crippen LogP contribution in [0.15, 0.2) is 22.8 Å². The molecule has 0 aliphatic carbocycles. The van der Waals surface area contributed by atoms with Crippen LogP contribution in [0, 0.1) is 5.92 Å². The molecule has 1 rings (SSSR count). The van der Waals surface area contributed by atoms with Gasteiger partial charge in [0.25, 0.3) is 0 Å². The maximum Gasteiger partial charge on any atom is 0.122 e. The maximum absolute atomic E-state index is 5.95. The Morgan fingerprint density at radius 3 is 2.70 bits per heavy atom. The fourth-order valence-corrected chi connectivity index (χ4v) is 0.844. The number of furan rings is 1. The minimum atomic E-state index is -0.0741. The van der Waals surface area contributed by atoms with Crippen LogP contribution >= 0.6 is 11.6 Å². The molecule has 0 spiro atoms. The normalized spacial score (nSPS) is 14.0. The molecular formula is C8H10ClO. The van der Waals surface area contributed by atoms with Gasteiger partial charge in [0.2, 0.25) is 0 Å². The molecule has 1 atom stereocenters. The summed E-state index contributed by atoms with van der Waals surface area (Å²) in [7, 11) is 0. The summed E-state index contributed by atoms with van der Waals surface area (Å²) >= 11 is 5.95. The van der Waals surface area contributed by atoms with E-state index in [9.17, 15) is 0 Å². The lowest BCUT2D eigenvalue weighted by Crippen LogP contribution is -1.94. The monoisotopic (exact) mass is 157 g/mol. The first-order chi connectivity index (χ1) is 4.72. The van der Waals surface area contributed by atoms with Crippen LogP contribution in [0.2, 0.25) is 0 Å². The van der Waals surface area contributed by atoms with Gasteiger partial charge in [0, 0.05) is 0 Å². The number of halogens is 1. The van der Waals surface area contributed by atoms with Crippen molar-refractivity contribution >= 4 is 11.6 Å². The fourth-order valence-electron chi connectivity index (χ4n) is 0.720. The van der Waals surface area contributed by atoms with Gasteiger partial charge >= 0.3 is 0 Å². The lowest BCUT2D eigenvalue weighted by molar-refractivity contribution is 0.506. The molecule has 0 saturated heterocycles. The Bertz CT molecular complexity index is 179. The molecule has 0 saturated carbocycles. The molecule has 2 heteroatoms. The molecule has 1 aromatic heterocycles. The van der Waals surface area contributed by atoms with E-state index in [1.54, 1.807) is 6.26 Å². The van der Waals surface area contributed by atoms with Gasteiger partial charge in [-0.1, -0.05) is 13.8 Å². The molecule has 1 aromatic rings. The van der Waals surface area contributed by atoms with Gasteiger partial charge in [-0.3, -0.25) is 0 Å². The molecule has 1 nitrogen and oxygen atoms in total. The molecule has 1 heterocycles. The van der Waals surface area contributed by atoms with Crippen LogP contribution in [0.3, 0.4) is 0 Å². The highest BCUT2D eigenvalue weighted by Gasteiger charge is 2.14. The lowest BCUT2D eigenvalue weighted by Gasteiger charge is -2.08. The average molecular weight is 158 g/mol. The van der Waals surface area contributed by atoms with Crippen LogP contribution in [-0.2, 0) is 0 Å². The van der Waals surface area contributed by atoms with E-state index in [1.165, 1.54) is 0 Å². The van der Waals surface area contributed by atoms with E-state index in [1.807, 2.05) is 26.0 Å². The predicted molar refractivity (Wildman–Crippen MR) is 41.9 cm³/mol. The summed E-state index contributed by atoms with van der Waals surface area (Å²) in [5.41, 5.74) is 0. The summed E-state index contributed by atoms with van der Waals surface area (Å²) in [6.45, 7) is 3.97. The number of hydrogen-bond donors (Lipinski definition) is 0. The van der Waals surface area contributed by atoms with E-state index in [-0.39, 0.29) is 5.38 Å². The van der Waals surface area contributed by atoms with Gasteiger partial charge in [-0.05, 0) is 18.1 Å². The van der Waals surface area contributed by atoms with Crippen molar-refractivity contribution < 1.29 is 4.42 Å².